The van der Waals surface area contributed by atoms with Gasteiger partial charge in [-0.2, -0.15) is 13.2 Å². The molecule has 4 aromatic rings. The molecule has 0 radical (unpaired) electrons. The van der Waals surface area contributed by atoms with E-state index in [-0.39, 0.29) is 29.3 Å². The standard InChI is InChI=1S/C26H24ClF3N6O3/c1-35-22-6-4-16(10-21(22)33-25(35)32-20-9-15(26(28,29)30)3-5-19(20)27)39-17-7-8-31-23(11-17)34-24(37)14-36-12-18(13-36)38-2/h3-11,18H,12-14H2,1-2H3,(H,32,33)(H,31,34,37). The average molecular weight is 561 g/mol. The van der Waals surface area contributed by atoms with Crippen molar-refractivity contribution in [3.05, 3.63) is 65.3 Å². The molecule has 0 spiro atoms. The van der Waals surface area contributed by atoms with Crippen LogP contribution in [0.15, 0.2) is 54.7 Å². The van der Waals surface area contributed by atoms with E-state index in [1.807, 2.05) is 4.90 Å². The molecule has 0 atom stereocenters. The van der Waals surface area contributed by atoms with E-state index in [0.717, 1.165) is 17.6 Å². The van der Waals surface area contributed by atoms with Crippen molar-refractivity contribution in [2.45, 2.75) is 12.3 Å². The molecule has 3 heterocycles. The molecule has 1 amide bonds. The predicted octanol–water partition coefficient (Wildman–Crippen LogP) is 5.45. The molecule has 13 heteroatoms. The summed E-state index contributed by atoms with van der Waals surface area (Å²) in [5.41, 5.74) is 0.529. The van der Waals surface area contributed by atoms with Crippen molar-refractivity contribution >= 4 is 46.0 Å². The van der Waals surface area contributed by atoms with Crippen LogP contribution in [0.25, 0.3) is 11.0 Å². The number of aryl methyl sites for hydroxylation is 1. The maximum atomic E-state index is 13.2. The van der Waals surface area contributed by atoms with Gasteiger partial charge in [-0.05, 0) is 36.4 Å². The number of imidazole rings is 1. The van der Waals surface area contributed by atoms with E-state index in [4.69, 9.17) is 21.1 Å². The minimum absolute atomic E-state index is 0.0837. The number of halogens is 4. The van der Waals surface area contributed by atoms with Crippen LogP contribution in [0.2, 0.25) is 5.02 Å². The number of hydrogen-bond acceptors (Lipinski definition) is 7. The van der Waals surface area contributed by atoms with Crippen LogP contribution in [0.5, 0.6) is 11.5 Å². The molecule has 2 aromatic heterocycles. The number of anilines is 3. The number of amides is 1. The van der Waals surface area contributed by atoms with Gasteiger partial charge in [0, 0.05) is 45.6 Å². The summed E-state index contributed by atoms with van der Waals surface area (Å²) in [4.78, 5) is 23.0. The van der Waals surface area contributed by atoms with Gasteiger partial charge in [-0.3, -0.25) is 9.69 Å². The largest absolute Gasteiger partial charge is 0.457 e. The smallest absolute Gasteiger partial charge is 0.416 e. The van der Waals surface area contributed by atoms with Crippen LogP contribution < -0.4 is 15.4 Å². The molecule has 2 aromatic carbocycles. The van der Waals surface area contributed by atoms with Crippen molar-refractivity contribution in [1.29, 1.82) is 0 Å². The van der Waals surface area contributed by atoms with Gasteiger partial charge in [-0.1, -0.05) is 11.6 Å². The first-order valence-corrected chi connectivity index (χ1v) is 12.3. The quantitative estimate of drug-likeness (QED) is 0.296. The van der Waals surface area contributed by atoms with E-state index >= 15 is 0 Å². The first-order chi connectivity index (χ1) is 18.6. The number of nitrogens with one attached hydrogen (secondary N) is 2. The van der Waals surface area contributed by atoms with Crippen molar-refractivity contribution in [2.24, 2.45) is 7.05 Å². The fourth-order valence-electron chi connectivity index (χ4n) is 4.14. The zero-order valence-electron chi connectivity index (χ0n) is 20.9. The van der Waals surface area contributed by atoms with Crippen molar-refractivity contribution in [1.82, 2.24) is 19.4 Å². The molecule has 1 saturated heterocycles. The molecule has 204 valence electrons. The summed E-state index contributed by atoms with van der Waals surface area (Å²) in [6.45, 7) is 1.66. The fraction of sp³-hybridized carbons (Fsp3) is 0.269. The molecule has 1 fully saturated rings. The Morgan fingerprint density at radius 1 is 1.13 bits per heavy atom. The van der Waals surface area contributed by atoms with Crippen LogP contribution in [-0.2, 0) is 22.8 Å². The predicted molar refractivity (Wildman–Crippen MR) is 141 cm³/mol. The number of aromatic nitrogens is 3. The first kappa shape index (κ1) is 26.7. The summed E-state index contributed by atoms with van der Waals surface area (Å²) < 4.78 is 52.3. The number of hydrogen-bond donors (Lipinski definition) is 2. The van der Waals surface area contributed by atoms with Crippen LogP contribution in [0.1, 0.15) is 5.56 Å². The number of carbonyl (C=O) groups is 1. The second-order valence-corrected chi connectivity index (χ2v) is 9.45. The van der Waals surface area contributed by atoms with E-state index in [1.54, 1.807) is 49.1 Å². The van der Waals surface area contributed by atoms with Gasteiger partial charge in [0.15, 0.2) is 0 Å². The lowest BCUT2D eigenvalue weighted by Crippen LogP contribution is -2.54. The Labute approximate surface area is 226 Å². The normalized spacial score (nSPS) is 14.3. The molecule has 5 rings (SSSR count). The highest BCUT2D eigenvalue weighted by atomic mass is 35.5. The number of ether oxygens (including phenoxy) is 2. The SMILES string of the molecule is COC1CN(CC(=O)Nc2cc(Oc3ccc4c(c3)nc(Nc3cc(C(F)(F)F)ccc3Cl)n4C)ccn2)C1. The fourth-order valence-corrected chi connectivity index (χ4v) is 4.30. The van der Waals surface area contributed by atoms with Gasteiger partial charge < -0.3 is 24.7 Å². The zero-order valence-corrected chi connectivity index (χ0v) is 21.7. The minimum atomic E-state index is -4.50. The lowest BCUT2D eigenvalue weighted by Gasteiger charge is -2.37. The van der Waals surface area contributed by atoms with Crippen molar-refractivity contribution in [2.75, 3.05) is 37.4 Å². The summed E-state index contributed by atoms with van der Waals surface area (Å²) in [6.07, 6.45) is -2.82. The van der Waals surface area contributed by atoms with Gasteiger partial charge in [-0.25, -0.2) is 9.97 Å². The number of pyridine rings is 1. The number of fused-ring (bicyclic) bond motifs is 1. The number of alkyl halides is 3. The molecule has 39 heavy (non-hydrogen) atoms. The Balaban J connectivity index is 1.28. The van der Waals surface area contributed by atoms with Gasteiger partial charge in [0.25, 0.3) is 0 Å². The summed E-state index contributed by atoms with van der Waals surface area (Å²) >= 11 is 6.13. The van der Waals surface area contributed by atoms with Crippen LogP contribution >= 0.6 is 11.6 Å². The monoisotopic (exact) mass is 560 g/mol. The van der Waals surface area contributed by atoms with Crippen LogP contribution in [-0.4, -0.2) is 58.2 Å². The first-order valence-electron chi connectivity index (χ1n) is 11.9. The third-order valence-electron chi connectivity index (χ3n) is 6.25. The number of nitrogens with zero attached hydrogens (tertiary/aromatic N) is 4. The van der Waals surface area contributed by atoms with Crippen molar-refractivity contribution in [3.63, 3.8) is 0 Å². The molecule has 0 saturated carbocycles. The van der Waals surface area contributed by atoms with Gasteiger partial charge in [0.1, 0.15) is 17.3 Å². The highest BCUT2D eigenvalue weighted by Gasteiger charge is 2.31. The number of rotatable bonds is 8. The van der Waals surface area contributed by atoms with E-state index in [2.05, 4.69) is 20.6 Å². The number of likely N-dealkylation sites (tertiary alicyclic amines) is 1. The maximum absolute atomic E-state index is 13.2. The van der Waals surface area contributed by atoms with Gasteiger partial charge in [0.2, 0.25) is 11.9 Å². The maximum Gasteiger partial charge on any atom is 0.416 e. The summed E-state index contributed by atoms with van der Waals surface area (Å²) in [5, 5.41) is 5.78. The van der Waals surface area contributed by atoms with Gasteiger partial charge in [-0.15, -0.1) is 0 Å². The number of carbonyl (C=O) groups excluding carboxylic acids is 1. The van der Waals surface area contributed by atoms with Gasteiger partial charge in [0.05, 0.1) is 40.0 Å². The Bertz CT molecular complexity index is 1520. The van der Waals surface area contributed by atoms with E-state index in [1.165, 1.54) is 12.3 Å². The highest BCUT2D eigenvalue weighted by molar-refractivity contribution is 6.33. The molecule has 2 N–H and O–H groups in total. The molecule has 9 nitrogen and oxygen atoms in total. The van der Waals surface area contributed by atoms with Crippen LogP contribution in [0, 0.1) is 0 Å². The number of benzene rings is 2. The van der Waals surface area contributed by atoms with E-state index in [9.17, 15) is 18.0 Å². The Morgan fingerprint density at radius 3 is 2.64 bits per heavy atom. The molecule has 1 aliphatic heterocycles. The Kier molecular flexibility index (Phi) is 7.34. The lowest BCUT2D eigenvalue weighted by molar-refractivity contribution is -0.137. The van der Waals surface area contributed by atoms with Crippen molar-refractivity contribution in [3.8, 4) is 11.5 Å². The Hall–Kier alpha value is -3.87. The number of methoxy groups -OCH3 is 1. The minimum Gasteiger partial charge on any atom is -0.457 e. The van der Waals surface area contributed by atoms with Crippen LogP contribution in [0.4, 0.5) is 30.6 Å². The lowest BCUT2D eigenvalue weighted by atomic mass is 10.2. The summed E-state index contributed by atoms with van der Waals surface area (Å²) in [7, 11) is 3.38. The second-order valence-electron chi connectivity index (χ2n) is 9.04. The molecule has 0 unspecified atom stereocenters. The van der Waals surface area contributed by atoms with Crippen molar-refractivity contribution < 1.29 is 27.4 Å². The zero-order chi connectivity index (χ0) is 27.7. The summed E-state index contributed by atoms with van der Waals surface area (Å²) in [6, 6.07) is 11.5. The molecule has 1 aliphatic rings. The molecule has 0 aliphatic carbocycles. The average Bonchev–Trinajstić information content (AvgIpc) is 3.16. The topological polar surface area (TPSA) is 93.5 Å². The third kappa shape index (κ3) is 6.08. The highest BCUT2D eigenvalue weighted by Crippen LogP contribution is 2.35. The molecular weight excluding hydrogens is 537 g/mol. The summed E-state index contributed by atoms with van der Waals surface area (Å²) in [5.74, 6) is 1.39. The Morgan fingerprint density at radius 2 is 1.90 bits per heavy atom. The second kappa shape index (κ2) is 10.7. The third-order valence-corrected chi connectivity index (χ3v) is 6.58. The molecular formula is C26H24ClF3N6O3. The van der Waals surface area contributed by atoms with E-state index in [0.29, 0.717) is 41.9 Å². The molecule has 0 bridgehead atoms. The van der Waals surface area contributed by atoms with Crippen LogP contribution in [0.3, 0.4) is 0 Å². The van der Waals surface area contributed by atoms with Gasteiger partial charge >= 0.3 is 6.18 Å². The van der Waals surface area contributed by atoms with E-state index < -0.39 is 11.7 Å².